The maximum atomic E-state index is 11.5. The second kappa shape index (κ2) is 7.50. The standard InChI is InChI=1S/C22H24O12/c23-6-9(24)3-16-22(31)21(30,7-32-16)17-15(34-22)5-11(25)10-4-14(28)19(33-20(10)17)8-1-12(26)18(29)13(27)2-8/h1-2,5,9,14,16,19,23-31H,3-4,6-7H2/t9-,14-,16+,19-,21?,22?/m0/s1. The molecule has 0 bridgehead atoms. The van der Waals surface area contributed by atoms with Gasteiger partial charge in [0.2, 0.25) is 0 Å². The van der Waals surface area contributed by atoms with E-state index in [1.165, 1.54) is 0 Å². The molecule has 3 heterocycles. The quantitative estimate of drug-likeness (QED) is 0.240. The number of aliphatic hydroxyl groups is 5. The van der Waals surface area contributed by atoms with Gasteiger partial charge < -0.3 is 60.2 Å². The number of aliphatic hydroxyl groups excluding tert-OH is 3. The molecule has 2 unspecified atom stereocenters. The first-order valence-electron chi connectivity index (χ1n) is 10.5. The van der Waals surface area contributed by atoms with Gasteiger partial charge in [-0.25, -0.2) is 0 Å². The Kier molecular flexibility index (Phi) is 5.02. The third kappa shape index (κ3) is 3.00. The van der Waals surface area contributed by atoms with E-state index in [9.17, 15) is 40.9 Å². The van der Waals surface area contributed by atoms with Gasteiger partial charge in [0.1, 0.15) is 23.4 Å². The molecular formula is C22H24O12. The summed E-state index contributed by atoms with van der Waals surface area (Å²) >= 11 is 0. The van der Waals surface area contributed by atoms with E-state index < -0.39 is 66.3 Å². The second-order valence-corrected chi connectivity index (χ2v) is 8.82. The summed E-state index contributed by atoms with van der Waals surface area (Å²) < 4.78 is 17.1. The molecule has 5 rings (SSSR count). The van der Waals surface area contributed by atoms with Crippen LogP contribution in [0.4, 0.5) is 0 Å². The largest absolute Gasteiger partial charge is 0.507 e. The van der Waals surface area contributed by atoms with Gasteiger partial charge in [-0.15, -0.1) is 0 Å². The summed E-state index contributed by atoms with van der Waals surface area (Å²) in [7, 11) is 0. The normalized spacial score (nSPS) is 32.3. The molecule has 0 radical (unpaired) electrons. The van der Waals surface area contributed by atoms with Gasteiger partial charge in [-0.1, -0.05) is 0 Å². The Hall–Kier alpha value is -3.00. The predicted molar refractivity (Wildman–Crippen MR) is 110 cm³/mol. The Labute approximate surface area is 192 Å². The first-order valence-corrected chi connectivity index (χ1v) is 10.5. The van der Waals surface area contributed by atoms with E-state index >= 15 is 0 Å². The highest BCUT2D eigenvalue weighted by atomic mass is 16.7. The molecule has 0 saturated carbocycles. The van der Waals surface area contributed by atoms with Crippen molar-refractivity contribution < 1.29 is 60.2 Å². The van der Waals surface area contributed by atoms with Crippen molar-refractivity contribution in [3.63, 3.8) is 0 Å². The van der Waals surface area contributed by atoms with Gasteiger partial charge in [0.25, 0.3) is 5.79 Å². The monoisotopic (exact) mass is 480 g/mol. The first kappa shape index (κ1) is 22.8. The zero-order chi connectivity index (χ0) is 24.6. The second-order valence-electron chi connectivity index (χ2n) is 8.82. The van der Waals surface area contributed by atoms with Gasteiger partial charge in [-0.2, -0.15) is 0 Å². The highest BCUT2D eigenvalue weighted by Gasteiger charge is 2.70. The average Bonchev–Trinajstić information content (AvgIpc) is 3.15. The number of rotatable bonds is 4. The molecule has 1 saturated heterocycles. The molecule has 0 aliphatic carbocycles. The van der Waals surface area contributed by atoms with Crippen LogP contribution in [0.2, 0.25) is 0 Å². The SMILES string of the molecule is OC[C@@H](O)C[C@H]1OCC2(O)c3c(cc(O)c4c3O[C@@H](c3cc(O)c(O)c(O)c3)[C@@H](O)C4)OC12O. The molecule has 1 fully saturated rings. The molecule has 9 N–H and O–H groups in total. The number of ether oxygens (including phenoxy) is 3. The molecule has 12 nitrogen and oxygen atoms in total. The molecule has 0 aromatic heterocycles. The molecular weight excluding hydrogens is 456 g/mol. The van der Waals surface area contributed by atoms with Crippen molar-refractivity contribution in [1.82, 2.24) is 0 Å². The van der Waals surface area contributed by atoms with Crippen molar-refractivity contribution in [2.75, 3.05) is 13.2 Å². The van der Waals surface area contributed by atoms with Crippen molar-refractivity contribution in [2.45, 2.75) is 48.6 Å². The van der Waals surface area contributed by atoms with Gasteiger partial charge in [-0.3, -0.25) is 0 Å². The maximum Gasteiger partial charge on any atom is 0.270 e. The summed E-state index contributed by atoms with van der Waals surface area (Å²) in [5, 5.41) is 92.4. The van der Waals surface area contributed by atoms with Crippen LogP contribution in [0.1, 0.15) is 29.2 Å². The topological polar surface area (TPSA) is 210 Å². The lowest BCUT2D eigenvalue weighted by Crippen LogP contribution is -2.55. The summed E-state index contributed by atoms with van der Waals surface area (Å²) in [5.41, 5.74) is -2.02. The highest BCUT2D eigenvalue weighted by molar-refractivity contribution is 5.64. The average molecular weight is 480 g/mol. The van der Waals surface area contributed by atoms with E-state index in [2.05, 4.69) is 0 Å². The minimum Gasteiger partial charge on any atom is -0.507 e. The smallest absolute Gasteiger partial charge is 0.270 e. The van der Waals surface area contributed by atoms with Crippen LogP contribution in [-0.2, 0) is 16.8 Å². The number of aromatic hydroxyl groups is 4. The van der Waals surface area contributed by atoms with Crippen molar-refractivity contribution in [3.8, 4) is 34.5 Å². The van der Waals surface area contributed by atoms with Gasteiger partial charge in [0.05, 0.1) is 31.0 Å². The van der Waals surface area contributed by atoms with E-state index in [1.807, 2.05) is 0 Å². The molecule has 6 atom stereocenters. The van der Waals surface area contributed by atoms with Crippen molar-refractivity contribution >= 4 is 0 Å². The summed E-state index contributed by atoms with van der Waals surface area (Å²) in [5.74, 6) is -4.96. The molecule has 3 aliphatic rings. The summed E-state index contributed by atoms with van der Waals surface area (Å²) in [6, 6.07) is 3.34. The third-order valence-corrected chi connectivity index (χ3v) is 6.65. The van der Waals surface area contributed by atoms with Crippen molar-refractivity contribution in [1.29, 1.82) is 0 Å². The van der Waals surface area contributed by atoms with Gasteiger partial charge >= 0.3 is 0 Å². The fourth-order valence-electron chi connectivity index (χ4n) is 4.89. The molecule has 2 aromatic rings. The minimum absolute atomic E-state index is 0.0482. The lowest BCUT2D eigenvalue weighted by atomic mass is 9.82. The van der Waals surface area contributed by atoms with Crippen LogP contribution >= 0.6 is 0 Å². The Balaban J connectivity index is 1.59. The van der Waals surface area contributed by atoms with Crippen LogP contribution in [-0.4, -0.2) is 83.3 Å². The number of phenolic OH excluding ortho intramolecular Hbond substituents is 4. The fraction of sp³-hybridized carbons (Fsp3) is 0.455. The first-order chi connectivity index (χ1) is 16.0. The molecule has 0 amide bonds. The number of fused-ring (bicyclic) bond motifs is 5. The zero-order valence-electron chi connectivity index (χ0n) is 17.6. The van der Waals surface area contributed by atoms with E-state index in [1.54, 1.807) is 0 Å². The Morgan fingerprint density at radius 3 is 2.35 bits per heavy atom. The van der Waals surface area contributed by atoms with Crippen LogP contribution in [0.5, 0.6) is 34.5 Å². The van der Waals surface area contributed by atoms with Crippen LogP contribution in [0, 0.1) is 0 Å². The van der Waals surface area contributed by atoms with Crippen molar-refractivity contribution in [3.05, 3.63) is 34.9 Å². The van der Waals surface area contributed by atoms with E-state index in [0.717, 1.165) is 18.2 Å². The van der Waals surface area contributed by atoms with Gasteiger partial charge in [-0.05, 0) is 12.1 Å². The van der Waals surface area contributed by atoms with E-state index in [4.69, 9.17) is 19.3 Å². The number of benzene rings is 2. The number of hydrogen-bond donors (Lipinski definition) is 9. The molecule has 3 aliphatic heterocycles. The highest BCUT2D eigenvalue weighted by Crippen LogP contribution is 2.60. The summed E-state index contributed by atoms with van der Waals surface area (Å²) in [6.45, 7) is -1.07. The van der Waals surface area contributed by atoms with Crippen LogP contribution in [0.3, 0.4) is 0 Å². The molecule has 0 spiro atoms. The summed E-state index contributed by atoms with van der Waals surface area (Å²) in [6.07, 6.45) is -5.38. The molecule has 12 heteroatoms. The van der Waals surface area contributed by atoms with Gasteiger partial charge in [0, 0.05) is 30.0 Å². The minimum atomic E-state index is -2.38. The van der Waals surface area contributed by atoms with Crippen LogP contribution < -0.4 is 9.47 Å². The van der Waals surface area contributed by atoms with Crippen LogP contribution in [0.15, 0.2) is 18.2 Å². The lowest BCUT2D eigenvalue weighted by Gasteiger charge is -2.35. The van der Waals surface area contributed by atoms with Crippen LogP contribution in [0.25, 0.3) is 0 Å². The predicted octanol–water partition coefficient (Wildman–Crippen LogP) is -1.04. The fourth-order valence-corrected chi connectivity index (χ4v) is 4.89. The zero-order valence-corrected chi connectivity index (χ0v) is 17.6. The maximum absolute atomic E-state index is 11.5. The summed E-state index contributed by atoms with van der Waals surface area (Å²) in [4.78, 5) is 0. The third-order valence-electron chi connectivity index (χ3n) is 6.65. The Bertz CT molecular complexity index is 1130. The molecule has 34 heavy (non-hydrogen) atoms. The lowest BCUT2D eigenvalue weighted by molar-refractivity contribution is -0.239. The number of phenols is 4. The Morgan fingerprint density at radius 1 is 1.03 bits per heavy atom. The van der Waals surface area contributed by atoms with Gasteiger partial charge in [0.15, 0.2) is 29.0 Å². The van der Waals surface area contributed by atoms with E-state index in [0.29, 0.717) is 0 Å². The Morgan fingerprint density at radius 2 is 1.71 bits per heavy atom. The molecule has 2 aromatic carbocycles. The molecule has 184 valence electrons. The van der Waals surface area contributed by atoms with E-state index in [-0.39, 0.29) is 46.8 Å². The number of hydrogen-bond acceptors (Lipinski definition) is 12. The van der Waals surface area contributed by atoms with Crippen molar-refractivity contribution in [2.24, 2.45) is 0 Å².